The molecule has 0 amide bonds. The summed E-state index contributed by atoms with van der Waals surface area (Å²) < 4.78 is 13.9. The van der Waals surface area contributed by atoms with E-state index in [0.717, 1.165) is 32.8 Å². The van der Waals surface area contributed by atoms with Crippen molar-refractivity contribution in [2.75, 3.05) is 0 Å². The molecule has 0 atom stereocenters. The van der Waals surface area contributed by atoms with E-state index in [0.29, 0.717) is 10.0 Å². The maximum absolute atomic E-state index is 13.9. The van der Waals surface area contributed by atoms with Crippen LogP contribution in [0.3, 0.4) is 0 Å². The predicted octanol–water partition coefficient (Wildman–Crippen LogP) is 7.52. The summed E-state index contributed by atoms with van der Waals surface area (Å²) >= 11 is 13.6. The van der Waals surface area contributed by atoms with Crippen LogP contribution in [0.5, 0.6) is 0 Å². The fraction of sp³-hybridized carbons (Fsp3) is 0.0833. The Morgan fingerprint density at radius 2 is 1.81 bits per heavy atom. The SMILES string of the molecule is Fc1cccc(Cl)c1CO/N=C/c1cc2ccccc2nc1SCc1ccc(Cl)cc1. The van der Waals surface area contributed by atoms with E-state index in [1.807, 2.05) is 54.6 Å². The zero-order valence-electron chi connectivity index (χ0n) is 16.3. The Kier molecular flexibility index (Phi) is 7.07. The first kappa shape index (κ1) is 21.6. The fourth-order valence-electron chi connectivity index (χ4n) is 2.92. The Labute approximate surface area is 193 Å². The molecule has 156 valence electrons. The largest absolute Gasteiger partial charge is 0.391 e. The van der Waals surface area contributed by atoms with Gasteiger partial charge in [0, 0.05) is 27.3 Å². The van der Waals surface area contributed by atoms with Crippen LogP contribution in [0, 0.1) is 5.82 Å². The number of hydrogen-bond donors (Lipinski definition) is 0. The van der Waals surface area contributed by atoms with Crippen molar-refractivity contribution in [1.82, 2.24) is 4.98 Å². The number of rotatable bonds is 7. The summed E-state index contributed by atoms with van der Waals surface area (Å²) in [5, 5.41) is 6.87. The number of benzene rings is 3. The topological polar surface area (TPSA) is 34.5 Å². The van der Waals surface area contributed by atoms with Crippen LogP contribution < -0.4 is 0 Å². The molecule has 4 rings (SSSR count). The normalized spacial score (nSPS) is 11.3. The van der Waals surface area contributed by atoms with Gasteiger partial charge in [-0.15, -0.1) is 11.8 Å². The number of oxime groups is 1. The molecule has 0 aliphatic carbocycles. The van der Waals surface area contributed by atoms with Gasteiger partial charge in [-0.2, -0.15) is 0 Å². The second kappa shape index (κ2) is 10.1. The molecule has 0 saturated heterocycles. The van der Waals surface area contributed by atoms with Gasteiger partial charge in [-0.25, -0.2) is 9.37 Å². The van der Waals surface area contributed by atoms with E-state index in [-0.39, 0.29) is 12.2 Å². The zero-order valence-corrected chi connectivity index (χ0v) is 18.6. The summed E-state index contributed by atoms with van der Waals surface area (Å²) in [6, 6.07) is 22.1. The van der Waals surface area contributed by atoms with Crippen molar-refractivity contribution in [2.45, 2.75) is 17.4 Å². The van der Waals surface area contributed by atoms with Crippen molar-refractivity contribution in [3.63, 3.8) is 0 Å². The van der Waals surface area contributed by atoms with Gasteiger partial charge in [0.15, 0.2) is 0 Å². The first-order valence-corrected chi connectivity index (χ1v) is 11.2. The lowest BCUT2D eigenvalue weighted by Gasteiger charge is -2.08. The fourth-order valence-corrected chi connectivity index (χ4v) is 4.20. The summed E-state index contributed by atoms with van der Waals surface area (Å²) in [6.07, 6.45) is 1.60. The first-order valence-electron chi connectivity index (χ1n) is 9.45. The second-order valence-corrected chi connectivity index (χ2v) is 8.51. The van der Waals surface area contributed by atoms with E-state index in [2.05, 4.69) is 5.16 Å². The number of pyridine rings is 1. The third-order valence-corrected chi connectivity index (χ3v) is 6.23. The van der Waals surface area contributed by atoms with Crippen molar-refractivity contribution < 1.29 is 9.23 Å². The third kappa shape index (κ3) is 5.56. The number of nitrogens with zero attached hydrogens (tertiary/aromatic N) is 2. The average Bonchev–Trinajstić information content (AvgIpc) is 2.77. The summed E-state index contributed by atoms with van der Waals surface area (Å²) in [5.74, 6) is 0.309. The van der Waals surface area contributed by atoms with E-state index in [9.17, 15) is 4.39 Å². The van der Waals surface area contributed by atoms with Gasteiger partial charge in [0.05, 0.1) is 16.8 Å². The lowest BCUT2D eigenvalue weighted by Crippen LogP contribution is -1.96. The molecule has 0 bridgehead atoms. The van der Waals surface area contributed by atoms with Crippen molar-refractivity contribution in [3.05, 3.63) is 105 Å². The van der Waals surface area contributed by atoms with Crippen LogP contribution in [-0.2, 0) is 17.2 Å². The number of thioether (sulfide) groups is 1. The Bertz CT molecular complexity index is 1210. The molecule has 0 saturated carbocycles. The number of halogens is 3. The number of para-hydroxylation sites is 1. The Morgan fingerprint density at radius 3 is 2.61 bits per heavy atom. The molecular formula is C24H17Cl2FN2OS. The van der Waals surface area contributed by atoms with E-state index in [4.69, 9.17) is 33.0 Å². The first-order chi connectivity index (χ1) is 15.1. The van der Waals surface area contributed by atoms with Crippen LogP contribution in [0.4, 0.5) is 4.39 Å². The minimum Gasteiger partial charge on any atom is -0.391 e. The van der Waals surface area contributed by atoms with Crippen LogP contribution in [0.15, 0.2) is 83.0 Å². The van der Waals surface area contributed by atoms with Crippen LogP contribution >= 0.6 is 35.0 Å². The monoisotopic (exact) mass is 470 g/mol. The van der Waals surface area contributed by atoms with E-state index in [1.54, 1.807) is 30.1 Å². The summed E-state index contributed by atoms with van der Waals surface area (Å²) in [7, 11) is 0. The van der Waals surface area contributed by atoms with Crippen molar-refractivity contribution in [2.24, 2.45) is 5.16 Å². The number of aromatic nitrogens is 1. The van der Waals surface area contributed by atoms with Gasteiger partial charge in [-0.3, -0.25) is 0 Å². The zero-order chi connectivity index (χ0) is 21.6. The standard InChI is InChI=1S/C24H17Cl2FN2OS/c25-19-10-8-16(9-11-19)15-31-24-18(12-17-4-1-2-7-23(17)29-24)13-28-30-14-20-21(26)5-3-6-22(20)27/h1-13H,14-15H2/b28-13+. The molecule has 31 heavy (non-hydrogen) atoms. The van der Waals surface area contributed by atoms with E-state index >= 15 is 0 Å². The van der Waals surface area contributed by atoms with Crippen molar-refractivity contribution in [3.8, 4) is 0 Å². The molecule has 0 fully saturated rings. The van der Waals surface area contributed by atoms with E-state index in [1.165, 1.54) is 6.07 Å². The highest BCUT2D eigenvalue weighted by molar-refractivity contribution is 7.98. The molecule has 7 heteroatoms. The molecule has 1 aromatic heterocycles. The average molecular weight is 471 g/mol. The molecule has 0 aliphatic heterocycles. The van der Waals surface area contributed by atoms with Crippen LogP contribution in [0.1, 0.15) is 16.7 Å². The highest BCUT2D eigenvalue weighted by Crippen LogP contribution is 2.27. The summed E-state index contributed by atoms with van der Waals surface area (Å²) in [4.78, 5) is 10.1. The highest BCUT2D eigenvalue weighted by atomic mass is 35.5. The Balaban J connectivity index is 1.54. The minimum absolute atomic E-state index is 0.0593. The lowest BCUT2D eigenvalue weighted by molar-refractivity contribution is 0.129. The van der Waals surface area contributed by atoms with Gasteiger partial charge in [0.25, 0.3) is 0 Å². The maximum Gasteiger partial charge on any atom is 0.146 e. The summed E-state index contributed by atoms with van der Waals surface area (Å²) in [5.41, 5.74) is 3.13. The van der Waals surface area contributed by atoms with E-state index < -0.39 is 5.82 Å². The van der Waals surface area contributed by atoms with Crippen molar-refractivity contribution in [1.29, 1.82) is 0 Å². The molecule has 0 N–H and O–H groups in total. The highest BCUT2D eigenvalue weighted by Gasteiger charge is 2.09. The molecule has 0 spiro atoms. The maximum atomic E-state index is 13.9. The minimum atomic E-state index is -0.422. The third-order valence-electron chi connectivity index (χ3n) is 4.54. The molecular weight excluding hydrogens is 454 g/mol. The predicted molar refractivity (Wildman–Crippen MR) is 127 cm³/mol. The van der Waals surface area contributed by atoms with Gasteiger partial charge >= 0.3 is 0 Å². The smallest absolute Gasteiger partial charge is 0.146 e. The molecule has 4 aromatic rings. The Hall–Kier alpha value is -2.60. The van der Waals surface area contributed by atoms with Gasteiger partial charge in [-0.05, 0) is 42.0 Å². The second-order valence-electron chi connectivity index (χ2n) is 6.70. The van der Waals surface area contributed by atoms with Crippen LogP contribution in [-0.4, -0.2) is 11.2 Å². The molecule has 3 nitrogen and oxygen atoms in total. The van der Waals surface area contributed by atoms with Crippen molar-refractivity contribution >= 4 is 52.1 Å². The van der Waals surface area contributed by atoms with Gasteiger partial charge < -0.3 is 4.84 Å². The molecule has 0 unspecified atom stereocenters. The number of fused-ring (bicyclic) bond motifs is 1. The lowest BCUT2D eigenvalue weighted by atomic mass is 10.2. The summed E-state index contributed by atoms with van der Waals surface area (Å²) in [6.45, 7) is -0.0593. The molecule has 0 radical (unpaired) electrons. The van der Waals surface area contributed by atoms with Crippen LogP contribution in [0.2, 0.25) is 10.0 Å². The molecule has 1 heterocycles. The Morgan fingerprint density at radius 1 is 1.00 bits per heavy atom. The molecule has 0 aliphatic rings. The quantitative estimate of drug-likeness (QED) is 0.159. The number of hydrogen-bond acceptors (Lipinski definition) is 4. The van der Waals surface area contributed by atoms with Crippen LogP contribution in [0.25, 0.3) is 10.9 Å². The van der Waals surface area contributed by atoms with Gasteiger partial charge in [-0.1, -0.05) is 64.8 Å². The van der Waals surface area contributed by atoms with Gasteiger partial charge in [0.2, 0.25) is 0 Å². The van der Waals surface area contributed by atoms with Gasteiger partial charge in [0.1, 0.15) is 17.5 Å². The molecule has 3 aromatic carbocycles.